The van der Waals surface area contributed by atoms with Gasteiger partial charge in [-0.3, -0.25) is 9.59 Å². The van der Waals surface area contributed by atoms with Crippen molar-refractivity contribution in [3.8, 4) is 0 Å². The molecule has 2 N–H and O–H groups in total. The third-order valence-electron chi connectivity index (χ3n) is 5.04. The Hall–Kier alpha value is -1.40. The van der Waals surface area contributed by atoms with E-state index < -0.39 is 0 Å². The minimum absolute atomic E-state index is 0.0746. The number of thiophene rings is 1. The highest BCUT2D eigenvalue weighted by Crippen LogP contribution is 2.27. The minimum atomic E-state index is -0.276. The summed E-state index contributed by atoms with van der Waals surface area (Å²) in [6.07, 6.45) is 3.07. The van der Waals surface area contributed by atoms with E-state index in [0.717, 1.165) is 30.7 Å². The van der Waals surface area contributed by atoms with Gasteiger partial charge in [-0.15, -0.1) is 11.3 Å². The molecule has 0 aromatic carbocycles. The number of carbonyl (C=O) groups excluding carboxylic acids is 2. The average molecular weight is 335 g/mol. The SMILES string of the molecule is CC1CC(CN)CN1C(=O)C1CCCN1C(=O)Cc1cccs1. The van der Waals surface area contributed by atoms with Crippen LogP contribution in [0.3, 0.4) is 0 Å². The van der Waals surface area contributed by atoms with E-state index in [1.165, 1.54) is 0 Å². The zero-order valence-corrected chi connectivity index (χ0v) is 14.4. The lowest BCUT2D eigenvalue weighted by atomic mass is 10.1. The molecule has 0 saturated carbocycles. The second-order valence-electron chi connectivity index (χ2n) is 6.68. The van der Waals surface area contributed by atoms with Gasteiger partial charge < -0.3 is 15.5 Å². The Morgan fingerprint density at radius 2 is 2.22 bits per heavy atom. The number of hydrogen-bond donors (Lipinski definition) is 1. The van der Waals surface area contributed by atoms with Crippen molar-refractivity contribution in [2.75, 3.05) is 19.6 Å². The maximum atomic E-state index is 12.9. The van der Waals surface area contributed by atoms with Gasteiger partial charge in [-0.1, -0.05) is 6.07 Å². The van der Waals surface area contributed by atoms with Crippen molar-refractivity contribution in [2.45, 2.75) is 44.7 Å². The largest absolute Gasteiger partial charge is 0.338 e. The van der Waals surface area contributed by atoms with Crippen LogP contribution in [0.25, 0.3) is 0 Å². The molecule has 0 spiro atoms. The van der Waals surface area contributed by atoms with Crippen LogP contribution in [0.15, 0.2) is 17.5 Å². The van der Waals surface area contributed by atoms with Gasteiger partial charge in [-0.05, 0) is 50.1 Å². The molecule has 23 heavy (non-hydrogen) atoms. The van der Waals surface area contributed by atoms with Crippen molar-refractivity contribution < 1.29 is 9.59 Å². The highest BCUT2D eigenvalue weighted by Gasteiger charge is 2.40. The van der Waals surface area contributed by atoms with Crippen LogP contribution in [0.2, 0.25) is 0 Å². The number of carbonyl (C=O) groups is 2. The first-order valence-corrected chi connectivity index (χ1v) is 9.30. The van der Waals surface area contributed by atoms with E-state index in [1.54, 1.807) is 16.2 Å². The maximum Gasteiger partial charge on any atom is 0.245 e. The molecular formula is C17H25N3O2S. The lowest BCUT2D eigenvalue weighted by Gasteiger charge is -2.30. The molecule has 6 heteroatoms. The van der Waals surface area contributed by atoms with Crippen molar-refractivity contribution in [1.82, 2.24) is 9.80 Å². The Labute approximate surface area is 141 Å². The highest BCUT2D eigenvalue weighted by molar-refractivity contribution is 7.10. The summed E-state index contributed by atoms with van der Waals surface area (Å²) in [5.74, 6) is 0.585. The smallest absolute Gasteiger partial charge is 0.245 e. The molecule has 2 amide bonds. The predicted molar refractivity (Wildman–Crippen MR) is 91.1 cm³/mol. The van der Waals surface area contributed by atoms with Crippen LogP contribution < -0.4 is 5.73 Å². The van der Waals surface area contributed by atoms with Gasteiger partial charge in [0.05, 0.1) is 6.42 Å². The van der Waals surface area contributed by atoms with E-state index >= 15 is 0 Å². The van der Waals surface area contributed by atoms with E-state index in [1.807, 2.05) is 22.4 Å². The van der Waals surface area contributed by atoms with Gasteiger partial charge in [-0.25, -0.2) is 0 Å². The van der Waals surface area contributed by atoms with E-state index in [-0.39, 0.29) is 23.9 Å². The standard InChI is InChI=1S/C17H25N3O2S/c1-12-8-13(10-18)11-20(12)17(22)15-5-2-6-19(15)16(21)9-14-4-3-7-23-14/h3-4,7,12-13,15H,2,5-6,8-11,18H2,1H3. The molecule has 1 aromatic rings. The van der Waals surface area contributed by atoms with Crippen LogP contribution in [0.4, 0.5) is 0 Å². The molecule has 3 heterocycles. The Balaban J connectivity index is 1.66. The van der Waals surface area contributed by atoms with Crippen molar-refractivity contribution >= 4 is 23.2 Å². The number of nitrogens with zero attached hydrogens (tertiary/aromatic N) is 2. The molecule has 0 aliphatic carbocycles. The molecule has 2 aliphatic heterocycles. The molecule has 1 aromatic heterocycles. The molecule has 0 bridgehead atoms. The summed E-state index contributed by atoms with van der Waals surface area (Å²) in [6, 6.07) is 3.88. The van der Waals surface area contributed by atoms with E-state index in [2.05, 4.69) is 6.92 Å². The lowest BCUT2D eigenvalue weighted by molar-refractivity contribution is -0.143. The summed E-state index contributed by atoms with van der Waals surface area (Å²) >= 11 is 1.59. The van der Waals surface area contributed by atoms with Crippen LogP contribution in [-0.2, 0) is 16.0 Å². The number of likely N-dealkylation sites (tertiary alicyclic amines) is 2. The zero-order valence-electron chi connectivity index (χ0n) is 13.6. The highest BCUT2D eigenvalue weighted by atomic mass is 32.1. The van der Waals surface area contributed by atoms with E-state index in [9.17, 15) is 9.59 Å². The normalized spacial score (nSPS) is 27.7. The molecule has 0 radical (unpaired) electrons. The predicted octanol–water partition coefficient (Wildman–Crippen LogP) is 1.48. The van der Waals surface area contributed by atoms with Gasteiger partial charge in [0.25, 0.3) is 0 Å². The first kappa shape index (κ1) is 16.5. The summed E-state index contributed by atoms with van der Waals surface area (Å²) in [4.78, 5) is 30.3. The molecule has 3 atom stereocenters. The third-order valence-corrected chi connectivity index (χ3v) is 5.92. The topological polar surface area (TPSA) is 66.6 Å². The summed E-state index contributed by atoms with van der Waals surface area (Å²) < 4.78 is 0. The number of hydrogen-bond acceptors (Lipinski definition) is 4. The number of amides is 2. The molecule has 2 aliphatic rings. The first-order chi connectivity index (χ1) is 11.1. The maximum absolute atomic E-state index is 12.9. The molecular weight excluding hydrogens is 310 g/mol. The molecule has 126 valence electrons. The van der Waals surface area contributed by atoms with Crippen LogP contribution >= 0.6 is 11.3 Å². The van der Waals surface area contributed by atoms with Crippen molar-refractivity contribution in [1.29, 1.82) is 0 Å². The summed E-state index contributed by atoms with van der Waals surface area (Å²) in [6.45, 7) is 4.14. The fraction of sp³-hybridized carbons (Fsp3) is 0.647. The Morgan fingerprint density at radius 3 is 2.87 bits per heavy atom. The van der Waals surface area contributed by atoms with Gasteiger partial charge in [0.15, 0.2) is 0 Å². The second-order valence-corrected chi connectivity index (χ2v) is 7.71. The Bertz CT molecular complexity index is 560. The first-order valence-electron chi connectivity index (χ1n) is 8.42. The monoisotopic (exact) mass is 335 g/mol. The Morgan fingerprint density at radius 1 is 1.39 bits per heavy atom. The van der Waals surface area contributed by atoms with Crippen molar-refractivity contribution in [3.63, 3.8) is 0 Å². The molecule has 5 nitrogen and oxygen atoms in total. The summed E-state index contributed by atoms with van der Waals surface area (Å²) in [7, 11) is 0. The quantitative estimate of drug-likeness (QED) is 0.906. The van der Waals surface area contributed by atoms with E-state index in [0.29, 0.717) is 25.4 Å². The summed E-state index contributed by atoms with van der Waals surface area (Å²) in [5, 5.41) is 1.98. The number of nitrogens with two attached hydrogens (primary N) is 1. The van der Waals surface area contributed by atoms with Crippen LogP contribution in [0.1, 0.15) is 31.1 Å². The van der Waals surface area contributed by atoms with Crippen LogP contribution in [0.5, 0.6) is 0 Å². The van der Waals surface area contributed by atoms with Crippen molar-refractivity contribution in [3.05, 3.63) is 22.4 Å². The van der Waals surface area contributed by atoms with Crippen molar-refractivity contribution in [2.24, 2.45) is 11.7 Å². The Kier molecular flexibility index (Phi) is 5.02. The third kappa shape index (κ3) is 3.43. The van der Waals surface area contributed by atoms with Crippen LogP contribution in [0, 0.1) is 5.92 Å². The van der Waals surface area contributed by atoms with Gasteiger partial charge in [0.1, 0.15) is 6.04 Å². The lowest BCUT2D eigenvalue weighted by Crippen LogP contribution is -2.49. The number of rotatable bonds is 4. The van der Waals surface area contributed by atoms with E-state index in [4.69, 9.17) is 5.73 Å². The summed E-state index contributed by atoms with van der Waals surface area (Å²) in [5.41, 5.74) is 5.76. The fourth-order valence-corrected chi connectivity index (χ4v) is 4.49. The van der Waals surface area contributed by atoms with Gasteiger partial charge in [0.2, 0.25) is 11.8 Å². The van der Waals surface area contributed by atoms with Gasteiger partial charge in [-0.2, -0.15) is 0 Å². The molecule has 3 unspecified atom stereocenters. The minimum Gasteiger partial charge on any atom is -0.338 e. The molecule has 2 saturated heterocycles. The van der Waals surface area contributed by atoms with Crippen LogP contribution in [-0.4, -0.2) is 53.3 Å². The zero-order chi connectivity index (χ0) is 16.4. The molecule has 3 rings (SSSR count). The molecule has 2 fully saturated rings. The van der Waals surface area contributed by atoms with Gasteiger partial charge in [0, 0.05) is 24.0 Å². The van der Waals surface area contributed by atoms with Gasteiger partial charge >= 0.3 is 0 Å². The average Bonchev–Trinajstić information content (AvgIpc) is 3.26. The fourth-order valence-electron chi connectivity index (χ4n) is 3.80. The second kappa shape index (κ2) is 7.01.